The van der Waals surface area contributed by atoms with Crippen LogP contribution in [0.25, 0.3) is 12.2 Å². The van der Waals surface area contributed by atoms with Crippen LogP contribution in [0, 0.1) is 13.8 Å². The van der Waals surface area contributed by atoms with Gasteiger partial charge < -0.3 is 37.6 Å². The van der Waals surface area contributed by atoms with Crippen molar-refractivity contribution in [3.05, 3.63) is 188 Å². The minimum atomic E-state index is -1.79. The number of rotatable bonds is 24. The summed E-state index contributed by atoms with van der Waals surface area (Å²) in [7, 11) is 0. The van der Waals surface area contributed by atoms with Gasteiger partial charge in [-0.15, -0.1) is 0 Å². The zero-order valence-corrected chi connectivity index (χ0v) is 47.6. The Labute approximate surface area is 477 Å². The molecule has 0 aliphatic carbocycles. The number of halogens is 2. The second-order valence-electron chi connectivity index (χ2n) is 20.8. The highest BCUT2D eigenvalue weighted by Gasteiger charge is 2.40. The molecule has 80 heavy (non-hydrogen) atoms. The quantitative estimate of drug-likeness (QED) is 0.0417. The Morgan fingerprint density at radius 3 is 1.29 bits per heavy atom. The van der Waals surface area contributed by atoms with E-state index >= 15 is 0 Å². The summed E-state index contributed by atoms with van der Waals surface area (Å²) >= 11 is 12.9. The molecule has 0 unspecified atom stereocenters. The zero-order chi connectivity index (χ0) is 57.0. The number of morpholine rings is 2. The first kappa shape index (κ1) is 59.0. The minimum absolute atomic E-state index is 0.155. The normalized spacial score (nSPS) is 14.6. The lowest BCUT2D eigenvalue weighted by atomic mass is 9.92. The summed E-state index contributed by atoms with van der Waals surface area (Å²) in [5.41, 5.74) is 1.56. The Kier molecular flexibility index (Phi) is 19.8. The van der Waals surface area contributed by atoms with Crippen molar-refractivity contribution in [2.24, 2.45) is 0 Å². The van der Waals surface area contributed by atoms with Crippen LogP contribution in [-0.2, 0) is 32.0 Å². The first-order chi connectivity index (χ1) is 38.3. The molecule has 17 heteroatoms. The first-order valence-corrected chi connectivity index (χ1v) is 27.5. The molecule has 6 aromatic rings. The van der Waals surface area contributed by atoms with Gasteiger partial charge in [-0.3, -0.25) is 29.0 Å². The van der Waals surface area contributed by atoms with E-state index in [2.05, 4.69) is 9.80 Å². The monoisotopic (exact) mass is 1130 g/mol. The van der Waals surface area contributed by atoms with Crippen molar-refractivity contribution in [2.75, 3.05) is 78.9 Å². The van der Waals surface area contributed by atoms with Crippen LogP contribution in [0.4, 0.5) is 4.79 Å². The lowest BCUT2D eigenvalue weighted by molar-refractivity contribution is -0.0408. The molecule has 0 spiro atoms. The lowest BCUT2D eigenvalue weighted by Gasteiger charge is -2.28. The maximum Gasteiger partial charge on any atom is 0.510 e. The van der Waals surface area contributed by atoms with Crippen LogP contribution < -0.4 is 9.47 Å². The summed E-state index contributed by atoms with van der Waals surface area (Å²) in [6.07, 6.45) is 9.64. The van der Waals surface area contributed by atoms with Crippen LogP contribution in [0.2, 0.25) is 10.0 Å². The number of benzene rings is 4. The third-order valence-corrected chi connectivity index (χ3v) is 14.3. The number of aryl methyl sites for hydroxylation is 2. The van der Waals surface area contributed by atoms with Crippen molar-refractivity contribution in [1.82, 2.24) is 18.9 Å². The highest BCUT2D eigenvalue weighted by atomic mass is 35.5. The maximum atomic E-state index is 14.3. The van der Waals surface area contributed by atoms with Crippen molar-refractivity contribution in [3.63, 3.8) is 0 Å². The molecule has 0 saturated carbocycles. The molecule has 2 fully saturated rings. The number of ketones is 4. The van der Waals surface area contributed by atoms with Gasteiger partial charge in [0.2, 0.25) is 23.1 Å². The average Bonchev–Trinajstić information content (AvgIpc) is 4.03. The van der Waals surface area contributed by atoms with Crippen LogP contribution in [0.1, 0.15) is 103 Å². The Balaban J connectivity index is 0.870. The summed E-state index contributed by atoms with van der Waals surface area (Å²) in [5, 5.41) is 0.564. The molecule has 4 aromatic carbocycles. The van der Waals surface area contributed by atoms with Crippen molar-refractivity contribution in [2.45, 2.75) is 65.8 Å². The SMILES string of the molecule is Cc1cc(C(=O)c2ccc(OCCN3CCOCC3)cc2)n(C/C=C/c2ccc(Cl)cc2C(=O)C(C)(C)OC(=O)OC(C)(C)C(=O)c2cc(Cl)ccc2/C=C/Cn2cc(C)cc2C(=O)c2ccc(OCCN3CCOCC3)cc2)c1. The van der Waals surface area contributed by atoms with Crippen LogP contribution in [0.5, 0.6) is 11.5 Å². The third kappa shape index (κ3) is 15.6. The Hall–Kier alpha value is -7.11. The van der Waals surface area contributed by atoms with Gasteiger partial charge in [0.1, 0.15) is 24.7 Å². The molecule has 2 aliphatic rings. The summed E-state index contributed by atoms with van der Waals surface area (Å²) < 4.78 is 37.8. The summed E-state index contributed by atoms with van der Waals surface area (Å²) in [4.78, 5) is 74.3. The van der Waals surface area contributed by atoms with Crippen LogP contribution >= 0.6 is 23.2 Å². The smallest absolute Gasteiger partial charge is 0.492 e. The number of carbonyl (C=O) groups is 5. The van der Waals surface area contributed by atoms with Crippen LogP contribution in [0.3, 0.4) is 0 Å². The van der Waals surface area contributed by atoms with Gasteiger partial charge in [-0.1, -0.05) is 59.6 Å². The fourth-order valence-electron chi connectivity index (χ4n) is 9.44. The van der Waals surface area contributed by atoms with Gasteiger partial charge in [0.25, 0.3) is 0 Å². The highest BCUT2D eigenvalue weighted by molar-refractivity contribution is 6.31. The minimum Gasteiger partial charge on any atom is -0.492 e. The molecule has 0 radical (unpaired) electrons. The van der Waals surface area contributed by atoms with E-state index in [0.717, 1.165) is 76.8 Å². The third-order valence-electron chi connectivity index (χ3n) is 13.8. The van der Waals surface area contributed by atoms with Crippen LogP contribution in [0.15, 0.2) is 122 Å². The number of hydrogen-bond acceptors (Lipinski definition) is 13. The molecule has 2 aliphatic heterocycles. The molecule has 0 bridgehead atoms. The molecule has 0 amide bonds. The standard InChI is InChI=1S/C63H68Cl2N4O11/c1-43-37-55(57(70)47-13-19-51(20-14-47)77-35-29-66-25-31-75-32-26-66)68(41-43)23-7-9-45-11-17-49(64)39-53(45)59(72)62(3,4)79-61(74)80-63(5,6)60(73)54-40-50(65)18-12-46(54)10-8-24-69-42-44(2)38-56(69)58(71)48-15-21-52(22-16-48)78-36-30-67-27-33-76-34-28-67/h7-22,37-42H,23-36H2,1-6H3/b9-7+,10-8+. The number of allylic oxidation sites excluding steroid dienone is 2. The average molecular weight is 1130 g/mol. The van der Waals surface area contributed by atoms with Gasteiger partial charge in [-0.05, 0) is 149 Å². The van der Waals surface area contributed by atoms with Gasteiger partial charge in [0.05, 0.1) is 37.8 Å². The molecular weight excluding hydrogens is 1060 g/mol. The fraction of sp³-hybridized carbons (Fsp3) is 0.349. The molecule has 2 aromatic heterocycles. The first-order valence-electron chi connectivity index (χ1n) is 26.8. The van der Waals surface area contributed by atoms with Crippen molar-refractivity contribution in [1.29, 1.82) is 0 Å². The number of aromatic nitrogens is 2. The van der Waals surface area contributed by atoms with Crippen molar-refractivity contribution < 1.29 is 52.4 Å². The van der Waals surface area contributed by atoms with Crippen molar-refractivity contribution in [3.8, 4) is 11.5 Å². The molecule has 420 valence electrons. The van der Waals surface area contributed by atoms with E-state index in [4.69, 9.17) is 51.6 Å². The molecule has 0 N–H and O–H groups in total. The van der Waals surface area contributed by atoms with E-state index in [1.165, 1.54) is 39.8 Å². The number of carbonyl (C=O) groups excluding carboxylic acids is 5. The molecule has 4 heterocycles. The summed E-state index contributed by atoms with van der Waals surface area (Å²) in [6, 6.07) is 27.5. The Bertz CT molecular complexity index is 3020. The number of ether oxygens (including phenoxy) is 6. The molecule has 2 saturated heterocycles. The number of hydrogen-bond donors (Lipinski definition) is 0. The Morgan fingerprint density at radius 2 is 0.912 bits per heavy atom. The Morgan fingerprint density at radius 1 is 0.537 bits per heavy atom. The van der Waals surface area contributed by atoms with Gasteiger partial charge in [-0.25, -0.2) is 4.79 Å². The van der Waals surface area contributed by atoms with E-state index < -0.39 is 28.9 Å². The van der Waals surface area contributed by atoms with Gasteiger partial charge in [0, 0.05) is 97.1 Å². The molecule has 0 atom stereocenters. The predicted octanol–water partition coefficient (Wildman–Crippen LogP) is 11.3. The van der Waals surface area contributed by atoms with E-state index in [1.807, 2.05) is 59.7 Å². The molecular formula is C63H68Cl2N4O11. The number of Topliss-reactive ketones (excluding diaryl/α,β-unsaturated/α-hetero) is 2. The van der Waals surface area contributed by atoms with Crippen LogP contribution in [-0.4, -0.2) is 138 Å². The summed E-state index contributed by atoms with van der Waals surface area (Å²) in [5.74, 6) is -0.102. The lowest BCUT2D eigenvalue weighted by Crippen LogP contribution is -2.43. The molecule has 15 nitrogen and oxygen atoms in total. The van der Waals surface area contributed by atoms with Crippen molar-refractivity contribution >= 4 is 64.6 Å². The predicted molar refractivity (Wildman–Crippen MR) is 309 cm³/mol. The van der Waals surface area contributed by atoms with E-state index in [1.54, 1.807) is 84.9 Å². The second-order valence-corrected chi connectivity index (χ2v) is 21.7. The number of nitrogens with zero attached hydrogens (tertiary/aromatic N) is 4. The van der Waals surface area contributed by atoms with Gasteiger partial charge in [-0.2, -0.15) is 0 Å². The van der Waals surface area contributed by atoms with Gasteiger partial charge in [0.15, 0.2) is 11.2 Å². The fourth-order valence-corrected chi connectivity index (χ4v) is 9.78. The zero-order valence-electron chi connectivity index (χ0n) is 46.1. The largest absolute Gasteiger partial charge is 0.510 e. The van der Waals surface area contributed by atoms with E-state index in [0.29, 0.717) is 71.4 Å². The highest BCUT2D eigenvalue weighted by Crippen LogP contribution is 2.29. The topological polar surface area (TPSA) is 157 Å². The van der Waals surface area contributed by atoms with Gasteiger partial charge >= 0.3 is 6.16 Å². The maximum absolute atomic E-state index is 14.3. The van der Waals surface area contributed by atoms with E-state index in [9.17, 15) is 24.0 Å². The molecule has 8 rings (SSSR count). The second kappa shape index (κ2) is 26.9. The van der Waals surface area contributed by atoms with E-state index in [-0.39, 0.29) is 32.7 Å². The summed E-state index contributed by atoms with van der Waals surface area (Å²) in [6.45, 7) is 19.2.